The van der Waals surface area contributed by atoms with Gasteiger partial charge in [-0.3, -0.25) is 9.59 Å². The van der Waals surface area contributed by atoms with E-state index in [1.807, 2.05) is 37.3 Å². The first kappa shape index (κ1) is 23.7. The molecule has 0 spiro atoms. The van der Waals surface area contributed by atoms with Crippen molar-refractivity contribution in [2.24, 2.45) is 5.92 Å². The van der Waals surface area contributed by atoms with Crippen LogP contribution < -0.4 is 5.32 Å². The van der Waals surface area contributed by atoms with Gasteiger partial charge in [-0.05, 0) is 48.2 Å². The van der Waals surface area contributed by atoms with Gasteiger partial charge in [-0.15, -0.1) is 0 Å². The number of nitrogens with zero attached hydrogens (tertiary/aromatic N) is 2. The highest BCUT2D eigenvalue weighted by Crippen LogP contribution is 2.24. The minimum absolute atomic E-state index is 0.0325. The lowest BCUT2D eigenvalue weighted by Crippen LogP contribution is -2.51. The van der Waals surface area contributed by atoms with E-state index in [1.54, 1.807) is 24.1 Å². The Balaban J connectivity index is 1.66. The first-order valence-corrected chi connectivity index (χ1v) is 12.0. The summed E-state index contributed by atoms with van der Waals surface area (Å²) in [6, 6.07) is 15.6. The van der Waals surface area contributed by atoms with Crippen LogP contribution in [0.5, 0.6) is 0 Å². The van der Waals surface area contributed by atoms with E-state index in [-0.39, 0.29) is 28.7 Å². The van der Waals surface area contributed by atoms with E-state index in [0.717, 1.165) is 5.56 Å². The molecule has 2 unspecified atom stereocenters. The lowest BCUT2D eigenvalue weighted by molar-refractivity contribution is -0.117. The molecule has 7 nitrogen and oxygen atoms in total. The predicted molar refractivity (Wildman–Crippen MR) is 123 cm³/mol. The van der Waals surface area contributed by atoms with E-state index in [1.165, 1.54) is 22.5 Å². The summed E-state index contributed by atoms with van der Waals surface area (Å²) >= 11 is 0. The molecule has 2 amide bonds. The molecule has 0 aromatic heterocycles. The van der Waals surface area contributed by atoms with Gasteiger partial charge in [0.25, 0.3) is 5.91 Å². The van der Waals surface area contributed by atoms with E-state index in [9.17, 15) is 18.0 Å². The van der Waals surface area contributed by atoms with E-state index in [2.05, 4.69) is 11.9 Å². The summed E-state index contributed by atoms with van der Waals surface area (Å²) in [5.41, 5.74) is 1.45. The van der Waals surface area contributed by atoms with Crippen LogP contribution in [0.25, 0.3) is 0 Å². The lowest BCUT2D eigenvalue weighted by atomic mass is 9.95. The molecule has 0 aliphatic carbocycles. The third-order valence-corrected chi connectivity index (χ3v) is 7.61. The van der Waals surface area contributed by atoms with Crippen molar-refractivity contribution in [3.63, 3.8) is 0 Å². The van der Waals surface area contributed by atoms with E-state index >= 15 is 0 Å². The van der Waals surface area contributed by atoms with Crippen LogP contribution in [-0.4, -0.2) is 55.6 Å². The maximum atomic E-state index is 13.1. The summed E-state index contributed by atoms with van der Waals surface area (Å²) < 4.78 is 27.6. The van der Waals surface area contributed by atoms with Gasteiger partial charge in [-0.25, -0.2) is 8.42 Å². The molecule has 170 valence electrons. The summed E-state index contributed by atoms with van der Waals surface area (Å²) in [7, 11) is -1.97. The van der Waals surface area contributed by atoms with Crippen molar-refractivity contribution in [1.82, 2.24) is 14.5 Å². The third-order valence-electron chi connectivity index (χ3n) is 5.73. The van der Waals surface area contributed by atoms with Gasteiger partial charge < -0.3 is 10.2 Å². The number of hydrogen-bond donors (Lipinski definition) is 1. The Morgan fingerprint density at radius 3 is 2.41 bits per heavy atom. The molecule has 1 saturated heterocycles. The highest BCUT2D eigenvalue weighted by Gasteiger charge is 2.34. The zero-order valence-corrected chi connectivity index (χ0v) is 19.2. The Morgan fingerprint density at radius 1 is 1.16 bits per heavy atom. The van der Waals surface area contributed by atoms with Crippen molar-refractivity contribution in [2.75, 3.05) is 20.1 Å². The largest absolute Gasteiger partial charge is 0.349 e. The molecule has 3 rings (SSSR count). The summed E-state index contributed by atoms with van der Waals surface area (Å²) in [5.74, 6) is -0.462. The van der Waals surface area contributed by atoms with E-state index in [4.69, 9.17) is 0 Å². The fraction of sp³-hybridized carbons (Fsp3) is 0.333. The van der Waals surface area contributed by atoms with Crippen molar-refractivity contribution in [1.29, 1.82) is 0 Å². The summed E-state index contributed by atoms with van der Waals surface area (Å²) in [6.45, 7) is 6.46. The van der Waals surface area contributed by atoms with Crippen LogP contribution in [0.2, 0.25) is 0 Å². The summed E-state index contributed by atoms with van der Waals surface area (Å²) in [6.07, 6.45) is 1.75. The monoisotopic (exact) mass is 455 g/mol. The van der Waals surface area contributed by atoms with Crippen LogP contribution in [0, 0.1) is 5.92 Å². The first-order chi connectivity index (χ1) is 15.2. The van der Waals surface area contributed by atoms with Gasteiger partial charge in [0.15, 0.2) is 0 Å². The van der Waals surface area contributed by atoms with Crippen LogP contribution in [-0.2, 0) is 21.4 Å². The van der Waals surface area contributed by atoms with Crippen LogP contribution in [0.3, 0.4) is 0 Å². The van der Waals surface area contributed by atoms with Crippen LogP contribution >= 0.6 is 0 Å². The highest BCUT2D eigenvalue weighted by molar-refractivity contribution is 7.89. The normalized spacial score (nSPS) is 19.2. The van der Waals surface area contributed by atoms with Crippen LogP contribution in [0.1, 0.15) is 29.3 Å². The number of hydrogen-bond acceptors (Lipinski definition) is 4. The number of benzene rings is 2. The molecule has 1 N–H and O–H groups in total. The number of amides is 2. The van der Waals surface area contributed by atoms with Crippen molar-refractivity contribution in [3.8, 4) is 0 Å². The molecule has 2 aromatic carbocycles. The number of carbonyl (C=O) groups is 2. The van der Waals surface area contributed by atoms with E-state index < -0.39 is 10.0 Å². The third kappa shape index (κ3) is 5.44. The van der Waals surface area contributed by atoms with Crippen molar-refractivity contribution >= 4 is 21.8 Å². The molecule has 1 aliphatic rings. The Bertz CT molecular complexity index is 1070. The van der Waals surface area contributed by atoms with Gasteiger partial charge in [0.2, 0.25) is 15.9 Å². The number of piperidine rings is 1. The Labute approximate surface area is 189 Å². The molecule has 0 bridgehead atoms. The summed E-state index contributed by atoms with van der Waals surface area (Å²) in [5, 5.41) is 2.86. The average molecular weight is 456 g/mol. The van der Waals surface area contributed by atoms with Gasteiger partial charge in [-0.2, -0.15) is 4.31 Å². The molecule has 32 heavy (non-hydrogen) atoms. The number of sulfonamides is 1. The van der Waals surface area contributed by atoms with Gasteiger partial charge in [-0.1, -0.05) is 43.8 Å². The van der Waals surface area contributed by atoms with Gasteiger partial charge in [0.05, 0.1) is 4.90 Å². The minimum atomic E-state index is -3.69. The highest BCUT2D eigenvalue weighted by atomic mass is 32.2. The molecule has 1 fully saturated rings. The fourth-order valence-electron chi connectivity index (χ4n) is 3.85. The molecule has 0 radical (unpaired) electrons. The maximum absolute atomic E-state index is 13.1. The van der Waals surface area contributed by atoms with Gasteiger partial charge in [0, 0.05) is 38.3 Å². The molecule has 8 heteroatoms. The van der Waals surface area contributed by atoms with Crippen molar-refractivity contribution in [3.05, 3.63) is 78.4 Å². The standard InChI is InChI=1S/C24H29N3O4S/c1-4-23(28)25-22-14-15-27(16-18(22)2)32(30,31)21-12-10-20(11-13-21)24(29)26(3)17-19-8-6-5-7-9-19/h4-13,18,22H,1,14-17H2,2-3H3,(H,25,28). The Hall–Kier alpha value is -2.97. The van der Waals surface area contributed by atoms with Crippen LogP contribution in [0.15, 0.2) is 72.1 Å². The summed E-state index contributed by atoms with van der Waals surface area (Å²) in [4.78, 5) is 26.1. The number of carbonyl (C=O) groups excluding carboxylic acids is 2. The van der Waals surface area contributed by atoms with Crippen molar-refractivity contribution < 1.29 is 18.0 Å². The quantitative estimate of drug-likeness (QED) is 0.651. The molecular weight excluding hydrogens is 426 g/mol. The second kappa shape index (κ2) is 10.1. The average Bonchev–Trinajstić information content (AvgIpc) is 2.80. The maximum Gasteiger partial charge on any atom is 0.253 e. The SMILES string of the molecule is C=CC(=O)NC1CCN(S(=O)(=O)c2ccc(C(=O)N(C)Cc3ccccc3)cc2)CC1C. The minimum Gasteiger partial charge on any atom is -0.349 e. The molecular formula is C24H29N3O4S. The predicted octanol–water partition coefficient (Wildman–Crippen LogP) is 2.66. The Kier molecular flexibility index (Phi) is 7.48. The second-order valence-electron chi connectivity index (χ2n) is 8.12. The topological polar surface area (TPSA) is 86.8 Å². The molecule has 2 aromatic rings. The molecule has 1 heterocycles. The van der Waals surface area contributed by atoms with Crippen LogP contribution in [0.4, 0.5) is 0 Å². The number of rotatable bonds is 7. The first-order valence-electron chi connectivity index (χ1n) is 10.5. The zero-order valence-electron chi connectivity index (χ0n) is 18.4. The van der Waals surface area contributed by atoms with Crippen molar-refractivity contribution in [2.45, 2.75) is 30.8 Å². The smallest absolute Gasteiger partial charge is 0.253 e. The van der Waals surface area contributed by atoms with Gasteiger partial charge in [0.1, 0.15) is 0 Å². The Morgan fingerprint density at radius 2 is 1.81 bits per heavy atom. The molecule has 0 saturated carbocycles. The van der Waals surface area contributed by atoms with E-state index in [0.29, 0.717) is 31.6 Å². The lowest BCUT2D eigenvalue weighted by Gasteiger charge is -2.36. The fourth-order valence-corrected chi connectivity index (χ4v) is 5.41. The number of nitrogens with one attached hydrogen (secondary N) is 1. The second-order valence-corrected chi connectivity index (χ2v) is 10.1. The zero-order chi connectivity index (χ0) is 23.3. The van der Waals surface area contributed by atoms with Gasteiger partial charge >= 0.3 is 0 Å². The molecule has 2 atom stereocenters. The molecule has 1 aliphatic heterocycles.